The lowest BCUT2D eigenvalue weighted by Crippen LogP contribution is -2.41. The van der Waals surface area contributed by atoms with Crippen LogP contribution in [0, 0.1) is 5.92 Å². The number of nitrogens with one attached hydrogen (secondary N) is 1. The zero-order valence-corrected chi connectivity index (χ0v) is 13.9. The van der Waals surface area contributed by atoms with Crippen molar-refractivity contribution in [1.82, 2.24) is 5.32 Å². The van der Waals surface area contributed by atoms with Crippen molar-refractivity contribution in [3.8, 4) is 0 Å². The van der Waals surface area contributed by atoms with Crippen molar-refractivity contribution in [1.29, 1.82) is 0 Å². The molecule has 1 aromatic carbocycles. The van der Waals surface area contributed by atoms with E-state index in [4.69, 9.17) is 27.9 Å². The fourth-order valence-electron chi connectivity index (χ4n) is 2.60. The Morgan fingerprint density at radius 1 is 1.20 bits per heavy atom. The molecular weight excluding hydrogens is 293 g/mol. The molecule has 1 aliphatic heterocycles. The van der Waals surface area contributed by atoms with Crippen LogP contribution in [0.5, 0.6) is 0 Å². The molecule has 1 aromatic rings. The van der Waals surface area contributed by atoms with Crippen LogP contribution >= 0.6 is 23.2 Å². The maximum Gasteiger partial charge on any atom is 0.0866 e. The molecule has 112 valence electrons. The zero-order chi connectivity index (χ0) is 14.8. The molecule has 0 saturated carbocycles. The van der Waals surface area contributed by atoms with Gasteiger partial charge in [0.2, 0.25) is 0 Å². The van der Waals surface area contributed by atoms with Crippen molar-refractivity contribution in [2.75, 3.05) is 13.2 Å². The van der Waals surface area contributed by atoms with Gasteiger partial charge >= 0.3 is 0 Å². The van der Waals surface area contributed by atoms with Crippen LogP contribution in [0.15, 0.2) is 18.2 Å². The van der Waals surface area contributed by atoms with Gasteiger partial charge in [0.25, 0.3) is 0 Å². The topological polar surface area (TPSA) is 21.3 Å². The summed E-state index contributed by atoms with van der Waals surface area (Å²) in [5.74, 6) is 0.456. The first kappa shape index (κ1) is 16.1. The van der Waals surface area contributed by atoms with E-state index in [1.165, 1.54) is 0 Å². The second kappa shape index (κ2) is 6.65. The molecule has 20 heavy (non-hydrogen) atoms. The fourth-order valence-corrected chi connectivity index (χ4v) is 3.14. The third kappa shape index (κ3) is 4.63. The zero-order valence-electron chi connectivity index (χ0n) is 12.4. The van der Waals surface area contributed by atoms with Crippen LogP contribution in [-0.4, -0.2) is 18.7 Å². The molecule has 0 aliphatic carbocycles. The Bertz CT molecular complexity index is 436. The number of ether oxygens (including phenoxy) is 1. The van der Waals surface area contributed by atoms with Gasteiger partial charge in [0.15, 0.2) is 0 Å². The van der Waals surface area contributed by atoms with Gasteiger partial charge in [0.1, 0.15) is 0 Å². The number of hydrogen-bond donors (Lipinski definition) is 1. The Balaban J connectivity index is 2.13. The van der Waals surface area contributed by atoms with Gasteiger partial charge in [-0.05, 0) is 57.4 Å². The van der Waals surface area contributed by atoms with Crippen molar-refractivity contribution in [2.45, 2.75) is 45.3 Å². The van der Waals surface area contributed by atoms with Crippen LogP contribution < -0.4 is 5.32 Å². The van der Waals surface area contributed by atoms with Crippen molar-refractivity contribution in [3.05, 3.63) is 33.8 Å². The van der Waals surface area contributed by atoms with Gasteiger partial charge in [-0.15, -0.1) is 0 Å². The largest absolute Gasteiger partial charge is 0.373 e. The van der Waals surface area contributed by atoms with Crippen molar-refractivity contribution in [3.63, 3.8) is 0 Å². The van der Waals surface area contributed by atoms with Crippen molar-refractivity contribution < 1.29 is 4.74 Å². The summed E-state index contributed by atoms with van der Waals surface area (Å²) in [5, 5.41) is 4.92. The fraction of sp³-hybridized carbons (Fsp3) is 0.625. The molecule has 0 radical (unpaired) electrons. The van der Waals surface area contributed by atoms with E-state index in [0.29, 0.717) is 16.0 Å². The average molecular weight is 316 g/mol. The first-order chi connectivity index (χ1) is 9.35. The molecule has 2 rings (SSSR count). The van der Waals surface area contributed by atoms with E-state index in [-0.39, 0.29) is 11.6 Å². The van der Waals surface area contributed by atoms with E-state index in [2.05, 4.69) is 26.1 Å². The summed E-state index contributed by atoms with van der Waals surface area (Å²) < 4.78 is 5.99. The minimum Gasteiger partial charge on any atom is -0.373 e. The predicted octanol–water partition coefficient (Wildman–Crippen LogP) is 4.85. The Hall–Kier alpha value is -0.280. The van der Waals surface area contributed by atoms with Crippen LogP contribution in [0.3, 0.4) is 0 Å². The molecule has 0 bridgehead atoms. The lowest BCUT2D eigenvalue weighted by molar-refractivity contribution is -0.0292. The molecule has 2 unspecified atom stereocenters. The van der Waals surface area contributed by atoms with Crippen LogP contribution in [0.2, 0.25) is 10.0 Å². The van der Waals surface area contributed by atoms with Crippen LogP contribution in [0.25, 0.3) is 0 Å². The van der Waals surface area contributed by atoms with Crippen molar-refractivity contribution in [2.24, 2.45) is 5.92 Å². The van der Waals surface area contributed by atoms with E-state index in [1.54, 1.807) is 6.07 Å². The Labute approximate surface area is 131 Å². The summed E-state index contributed by atoms with van der Waals surface area (Å²) in [6.07, 6.45) is 2.36. The van der Waals surface area contributed by atoms with Crippen molar-refractivity contribution >= 4 is 23.2 Å². The van der Waals surface area contributed by atoms with E-state index in [9.17, 15) is 0 Å². The van der Waals surface area contributed by atoms with Gasteiger partial charge in [0.05, 0.1) is 6.10 Å². The normalized spacial score (nSPS) is 23.9. The summed E-state index contributed by atoms with van der Waals surface area (Å²) >= 11 is 12.2. The van der Waals surface area contributed by atoms with Crippen LogP contribution in [-0.2, 0) is 4.74 Å². The number of hydrogen-bond acceptors (Lipinski definition) is 2. The molecule has 1 N–H and O–H groups in total. The molecule has 1 aliphatic rings. The molecule has 2 nitrogen and oxygen atoms in total. The number of rotatable bonds is 3. The van der Waals surface area contributed by atoms with E-state index in [0.717, 1.165) is 31.6 Å². The molecule has 1 saturated heterocycles. The summed E-state index contributed by atoms with van der Waals surface area (Å²) in [5.41, 5.74) is 1.21. The lowest BCUT2D eigenvalue weighted by atomic mass is 9.88. The lowest BCUT2D eigenvalue weighted by Gasteiger charge is -2.34. The Morgan fingerprint density at radius 2 is 1.85 bits per heavy atom. The minimum absolute atomic E-state index is 0.0785. The van der Waals surface area contributed by atoms with Gasteiger partial charge in [-0.25, -0.2) is 0 Å². The second-order valence-electron chi connectivity index (χ2n) is 6.53. The summed E-state index contributed by atoms with van der Waals surface area (Å²) in [6.45, 7) is 8.30. The van der Waals surface area contributed by atoms with Gasteiger partial charge in [-0.1, -0.05) is 23.2 Å². The molecule has 1 heterocycles. The molecule has 1 fully saturated rings. The third-order valence-electron chi connectivity index (χ3n) is 3.55. The highest BCUT2D eigenvalue weighted by atomic mass is 35.5. The van der Waals surface area contributed by atoms with Gasteiger partial charge in [0, 0.05) is 34.7 Å². The van der Waals surface area contributed by atoms with Gasteiger partial charge in [-0.2, -0.15) is 0 Å². The first-order valence-corrected chi connectivity index (χ1v) is 7.93. The van der Waals surface area contributed by atoms with E-state index in [1.807, 2.05) is 12.1 Å². The van der Waals surface area contributed by atoms with E-state index < -0.39 is 0 Å². The quantitative estimate of drug-likeness (QED) is 0.861. The number of halogens is 2. The van der Waals surface area contributed by atoms with Gasteiger partial charge < -0.3 is 10.1 Å². The highest BCUT2D eigenvalue weighted by Crippen LogP contribution is 2.35. The third-order valence-corrected chi connectivity index (χ3v) is 3.99. The Kier molecular flexibility index (Phi) is 5.36. The molecule has 0 aromatic heterocycles. The molecule has 0 spiro atoms. The summed E-state index contributed by atoms with van der Waals surface area (Å²) in [7, 11) is 0. The SMILES string of the molecule is CC(C)(C)NCC1CCCOC1c1cc(Cl)cc(Cl)c1. The van der Waals surface area contributed by atoms with Crippen LogP contribution in [0.4, 0.5) is 0 Å². The van der Waals surface area contributed by atoms with Crippen LogP contribution in [0.1, 0.15) is 45.3 Å². The minimum atomic E-state index is 0.0785. The summed E-state index contributed by atoms with van der Waals surface area (Å²) in [4.78, 5) is 0. The predicted molar refractivity (Wildman–Crippen MR) is 85.6 cm³/mol. The highest BCUT2D eigenvalue weighted by molar-refractivity contribution is 6.34. The highest BCUT2D eigenvalue weighted by Gasteiger charge is 2.28. The first-order valence-electron chi connectivity index (χ1n) is 7.18. The maximum absolute atomic E-state index is 6.11. The smallest absolute Gasteiger partial charge is 0.0866 e. The Morgan fingerprint density at radius 3 is 2.45 bits per heavy atom. The summed E-state index contributed by atoms with van der Waals surface area (Å²) in [6, 6.07) is 5.69. The molecule has 4 heteroatoms. The molecule has 2 atom stereocenters. The molecular formula is C16H23Cl2NO. The van der Waals surface area contributed by atoms with E-state index >= 15 is 0 Å². The van der Waals surface area contributed by atoms with Gasteiger partial charge in [-0.3, -0.25) is 0 Å². The average Bonchev–Trinajstić information content (AvgIpc) is 2.34. The maximum atomic E-state index is 6.11. The standard InChI is InChI=1S/C16H23Cl2NO/c1-16(2,3)19-10-11-5-4-6-20-15(11)12-7-13(17)9-14(18)8-12/h7-9,11,15,19H,4-6,10H2,1-3H3. The number of benzene rings is 1. The monoisotopic (exact) mass is 315 g/mol. The molecule has 0 amide bonds. The second-order valence-corrected chi connectivity index (χ2v) is 7.40.